The van der Waals surface area contributed by atoms with Crippen molar-refractivity contribution in [2.24, 2.45) is 11.8 Å². The van der Waals surface area contributed by atoms with Crippen LogP contribution in [0, 0.1) is 11.8 Å². The van der Waals surface area contributed by atoms with Crippen LogP contribution >= 0.6 is 0 Å². The number of carbonyl (C=O) groups excluding carboxylic acids is 2. The van der Waals surface area contributed by atoms with E-state index < -0.39 is 0 Å². The molecule has 0 bridgehead atoms. The number of rotatable bonds is 5. The average molecular weight is 401 g/mol. The zero-order chi connectivity index (χ0) is 20.2. The molecule has 1 aromatic rings. The van der Waals surface area contributed by atoms with Gasteiger partial charge in [0.15, 0.2) is 17.3 Å². The highest BCUT2D eigenvalue weighted by atomic mass is 16.6. The molecule has 0 spiro atoms. The Morgan fingerprint density at radius 2 is 1.76 bits per heavy atom. The number of nitrogens with zero attached hydrogens (tertiary/aromatic N) is 1. The molecule has 2 atom stereocenters. The molecule has 2 unspecified atom stereocenters. The van der Waals surface area contributed by atoms with Crippen LogP contribution in [0.15, 0.2) is 18.2 Å². The van der Waals surface area contributed by atoms with Gasteiger partial charge in [0.1, 0.15) is 13.2 Å². The van der Waals surface area contributed by atoms with E-state index in [9.17, 15) is 9.59 Å². The number of benzene rings is 1. The lowest BCUT2D eigenvalue weighted by Gasteiger charge is -2.33. The summed E-state index contributed by atoms with van der Waals surface area (Å²) < 4.78 is 11.1. The maximum absolute atomic E-state index is 12.9. The minimum absolute atomic E-state index is 0.00948. The monoisotopic (exact) mass is 400 g/mol. The average Bonchev–Trinajstić information content (AvgIpc) is 2.75. The second-order valence-electron chi connectivity index (χ2n) is 8.71. The van der Waals surface area contributed by atoms with Crippen LogP contribution in [-0.2, 0) is 4.79 Å². The predicted octanol–water partition coefficient (Wildman–Crippen LogP) is 3.05. The minimum atomic E-state index is 0.00948. The molecule has 1 saturated heterocycles. The summed E-state index contributed by atoms with van der Waals surface area (Å²) >= 11 is 0. The molecule has 4 rings (SSSR count). The number of nitrogens with one attached hydrogen (secondary N) is 1. The molecule has 2 aliphatic heterocycles. The molecule has 0 radical (unpaired) electrons. The third kappa shape index (κ3) is 4.92. The highest BCUT2D eigenvalue weighted by molar-refractivity contribution is 5.98. The summed E-state index contributed by atoms with van der Waals surface area (Å²) in [6, 6.07) is 5.79. The first kappa shape index (κ1) is 20.2. The first-order chi connectivity index (χ1) is 14.1. The van der Waals surface area contributed by atoms with E-state index in [1.54, 1.807) is 0 Å². The fourth-order valence-electron chi connectivity index (χ4n) is 4.77. The van der Waals surface area contributed by atoms with Gasteiger partial charge in [0.2, 0.25) is 5.91 Å². The number of fused-ring (bicyclic) bond motifs is 1. The Bertz CT molecular complexity index is 742. The Labute approximate surface area is 172 Å². The molecule has 6 heteroatoms. The van der Waals surface area contributed by atoms with Gasteiger partial charge in [-0.05, 0) is 62.9 Å². The normalized spacial score (nSPS) is 25.4. The summed E-state index contributed by atoms with van der Waals surface area (Å²) in [5.74, 6) is 2.24. The van der Waals surface area contributed by atoms with Crippen LogP contribution in [0.5, 0.6) is 11.5 Å². The Morgan fingerprint density at radius 1 is 1.03 bits per heavy atom. The van der Waals surface area contributed by atoms with Crippen LogP contribution < -0.4 is 14.8 Å². The fraction of sp³-hybridized carbons (Fsp3) is 0.652. The van der Waals surface area contributed by atoms with E-state index in [1.165, 1.54) is 19.3 Å². The molecule has 1 amide bonds. The Balaban J connectivity index is 1.25. The smallest absolute Gasteiger partial charge is 0.234 e. The lowest BCUT2D eigenvalue weighted by molar-refractivity contribution is -0.123. The summed E-state index contributed by atoms with van der Waals surface area (Å²) in [4.78, 5) is 27.5. The topological polar surface area (TPSA) is 67.9 Å². The van der Waals surface area contributed by atoms with E-state index in [0.717, 1.165) is 32.4 Å². The fourth-order valence-corrected chi connectivity index (χ4v) is 4.77. The molecule has 1 saturated carbocycles. The maximum Gasteiger partial charge on any atom is 0.234 e. The van der Waals surface area contributed by atoms with Gasteiger partial charge in [-0.25, -0.2) is 0 Å². The van der Waals surface area contributed by atoms with Crippen molar-refractivity contribution in [3.8, 4) is 11.5 Å². The third-order valence-corrected chi connectivity index (χ3v) is 6.61. The molecule has 2 heterocycles. The van der Waals surface area contributed by atoms with Crippen LogP contribution in [0.4, 0.5) is 0 Å². The highest BCUT2D eigenvalue weighted by Crippen LogP contribution is 2.32. The van der Waals surface area contributed by atoms with Crippen LogP contribution in [0.3, 0.4) is 0 Å². The zero-order valence-electron chi connectivity index (χ0n) is 17.3. The number of hydrogen-bond donors (Lipinski definition) is 1. The van der Waals surface area contributed by atoms with E-state index in [0.29, 0.717) is 48.8 Å². The quantitative estimate of drug-likeness (QED) is 0.770. The second-order valence-corrected chi connectivity index (χ2v) is 8.71. The van der Waals surface area contributed by atoms with Gasteiger partial charge in [-0.1, -0.05) is 19.8 Å². The number of ether oxygens (including phenoxy) is 2. The van der Waals surface area contributed by atoms with Gasteiger partial charge >= 0.3 is 0 Å². The van der Waals surface area contributed by atoms with Crippen molar-refractivity contribution in [3.63, 3.8) is 0 Å². The lowest BCUT2D eigenvalue weighted by atomic mass is 9.86. The van der Waals surface area contributed by atoms with E-state index in [-0.39, 0.29) is 17.6 Å². The molecule has 29 heavy (non-hydrogen) atoms. The van der Waals surface area contributed by atoms with Crippen molar-refractivity contribution in [3.05, 3.63) is 23.8 Å². The molecule has 0 aromatic heterocycles. The van der Waals surface area contributed by atoms with Crippen molar-refractivity contribution in [1.29, 1.82) is 0 Å². The van der Waals surface area contributed by atoms with Crippen LogP contribution in [0.1, 0.15) is 55.8 Å². The lowest BCUT2D eigenvalue weighted by Crippen LogP contribution is -2.47. The molecule has 1 aromatic carbocycles. The summed E-state index contributed by atoms with van der Waals surface area (Å²) in [7, 11) is 0. The number of ketones is 1. The molecular formula is C23H32N2O4. The molecule has 3 aliphatic rings. The minimum Gasteiger partial charge on any atom is -0.486 e. The van der Waals surface area contributed by atoms with Crippen molar-refractivity contribution in [2.75, 3.05) is 32.8 Å². The van der Waals surface area contributed by atoms with Gasteiger partial charge in [0, 0.05) is 17.5 Å². The Kier molecular flexibility index (Phi) is 6.38. The van der Waals surface area contributed by atoms with E-state index in [1.807, 2.05) is 18.2 Å². The van der Waals surface area contributed by atoms with E-state index in [4.69, 9.17) is 9.47 Å². The number of hydrogen-bond acceptors (Lipinski definition) is 5. The summed E-state index contributed by atoms with van der Waals surface area (Å²) in [6.07, 6.45) is 6.37. The van der Waals surface area contributed by atoms with Gasteiger partial charge in [-0.15, -0.1) is 0 Å². The number of amides is 1. The largest absolute Gasteiger partial charge is 0.486 e. The summed E-state index contributed by atoms with van der Waals surface area (Å²) in [6.45, 7) is 5.31. The summed E-state index contributed by atoms with van der Waals surface area (Å²) in [5.41, 5.74) is 0.691. The summed E-state index contributed by atoms with van der Waals surface area (Å²) in [5, 5.41) is 3.23. The maximum atomic E-state index is 12.9. The SMILES string of the molecule is CC1CCCCC1NC(=O)CN1CCC(C(=O)c2ccc3c(c2)OCCO3)CC1. The Morgan fingerprint density at radius 3 is 2.52 bits per heavy atom. The number of likely N-dealkylation sites (tertiary alicyclic amines) is 1. The molecule has 1 N–H and O–H groups in total. The number of carbonyl (C=O) groups is 2. The molecule has 6 nitrogen and oxygen atoms in total. The van der Waals surface area contributed by atoms with Gasteiger partial charge < -0.3 is 14.8 Å². The van der Waals surface area contributed by atoms with Gasteiger partial charge in [-0.2, -0.15) is 0 Å². The van der Waals surface area contributed by atoms with Crippen LogP contribution in [0.2, 0.25) is 0 Å². The first-order valence-corrected chi connectivity index (χ1v) is 11.1. The molecular weight excluding hydrogens is 368 g/mol. The van der Waals surface area contributed by atoms with Gasteiger partial charge in [-0.3, -0.25) is 14.5 Å². The predicted molar refractivity (Wildman–Crippen MR) is 110 cm³/mol. The number of Topliss-reactive ketones (excluding diaryl/α,β-unsaturated/α-hetero) is 1. The first-order valence-electron chi connectivity index (χ1n) is 11.1. The highest BCUT2D eigenvalue weighted by Gasteiger charge is 2.29. The van der Waals surface area contributed by atoms with Crippen LogP contribution in [0.25, 0.3) is 0 Å². The second kappa shape index (κ2) is 9.16. The van der Waals surface area contributed by atoms with Crippen LogP contribution in [-0.4, -0.2) is 55.5 Å². The van der Waals surface area contributed by atoms with E-state index >= 15 is 0 Å². The number of piperidine rings is 1. The van der Waals surface area contributed by atoms with Crippen molar-refractivity contribution >= 4 is 11.7 Å². The third-order valence-electron chi connectivity index (χ3n) is 6.61. The van der Waals surface area contributed by atoms with Gasteiger partial charge in [0.25, 0.3) is 0 Å². The standard InChI is InChI=1S/C23H32N2O4/c1-16-4-2-3-5-19(16)24-22(26)15-25-10-8-17(9-11-25)23(27)18-6-7-20-21(14-18)29-13-12-28-20/h6-7,14,16-17,19H,2-5,8-13,15H2,1H3,(H,24,26). The molecule has 1 aliphatic carbocycles. The molecule has 2 fully saturated rings. The molecule has 158 valence electrons. The van der Waals surface area contributed by atoms with Gasteiger partial charge in [0.05, 0.1) is 6.54 Å². The van der Waals surface area contributed by atoms with Crippen molar-refractivity contribution < 1.29 is 19.1 Å². The van der Waals surface area contributed by atoms with Crippen molar-refractivity contribution in [2.45, 2.75) is 51.5 Å². The van der Waals surface area contributed by atoms with Crippen molar-refractivity contribution in [1.82, 2.24) is 10.2 Å². The Hall–Kier alpha value is -2.08. The zero-order valence-corrected chi connectivity index (χ0v) is 17.3. The van der Waals surface area contributed by atoms with E-state index in [2.05, 4.69) is 17.1 Å².